The van der Waals surface area contributed by atoms with Crippen LogP contribution < -0.4 is 16.1 Å². The molecule has 0 aliphatic carbocycles. The minimum absolute atomic E-state index is 0.103. The van der Waals surface area contributed by atoms with Crippen molar-refractivity contribution in [2.75, 3.05) is 0 Å². The molecule has 0 aliphatic heterocycles. The molecule has 106 valence electrons. The predicted molar refractivity (Wildman–Crippen MR) is 85.9 cm³/mol. The van der Waals surface area contributed by atoms with Gasteiger partial charge in [0.15, 0.2) is 0 Å². The van der Waals surface area contributed by atoms with E-state index < -0.39 is 16.3 Å². The number of rotatable bonds is 0. The van der Waals surface area contributed by atoms with Gasteiger partial charge in [0.05, 0.1) is 0 Å². The van der Waals surface area contributed by atoms with Crippen LogP contribution in [0.15, 0.2) is 46.0 Å². The van der Waals surface area contributed by atoms with Crippen LogP contribution in [0.25, 0.3) is 27.3 Å². The molecule has 3 aromatic rings. The van der Waals surface area contributed by atoms with Crippen molar-refractivity contribution in [1.29, 1.82) is 0 Å². The lowest BCUT2D eigenvalue weighted by Gasteiger charge is -2.17. The highest BCUT2D eigenvalue weighted by atomic mass is 16.3. The maximum Gasteiger partial charge on any atom is 0.201 e. The summed E-state index contributed by atoms with van der Waals surface area (Å²) >= 11 is 0. The third-order valence-corrected chi connectivity index (χ3v) is 3.80. The zero-order valence-corrected chi connectivity index (χ0v) is 12.2. The number of aliphatic hydroxyl groups excluding tert-OH is 1. The van der Waals surface area contributed by atoms with Gasteiger partial charge in [-0.3, -0.25) is 9.59 Å². The first kappa shape index (κ1) is 13.6. The van der Waals surface area contributed by atoms with Gasteiger partial charge in [-0.25, -0.2) is 0 Å². The normalized spacial score (nSPS) is 12.1. The third-order valence-electron chi connectivity index (χ3n) is 3.80. The molecule has 3 aromatic carbocycles. The van der Waals surface area contributed by atoms with Crippen molar-refractivity contribution in [3.05, 3.63) is 62.1 Å². The summed E-state index contributed by atoms with van der Waals surface area (Å²) in [6, 6.07) is 10.7. The quantitative estimate of drug-likeness (QED) is 0.688. The Hall–Kier alpha value is -2.42. The Kier molecular flexibility index (Phi) is 2.77. The molecule has 3 rings (SSSR count). The van der Waals surface area contributed by atoms with Crippen molar-refractivity contribution in [3.8, 4) is 0 Å². The molecule has 21 heavy (non-hydrogen) atoms. The average Bonchev–Trinajstić information content (AvgIpc) is 2.43. The smallest absolute Gasteiger partial charge is 0.201 e. The van der Waals surface area contributed by atoms with E-state index in [0.29, 0.717) is 16.2 Å². The van der Waals surface area contributed by atoms with Crippen molar-refractivity contribution in [2.24, 2.45) is 5.41 Å². The number of aliphatic hydroxyl groups is 1. The molecule has 0 amide bonds. The second kappa shape index (κ2) is 4.29. The molecule has 0 spiro atoms. The zero-order valence-electron chi connectivity index (χ0n) is 12.2. The largest absolute Gasteiger partial charge is 0.511 e. The van der Waals surface area contributed by atoms with E-state index in [0.717, 1.165) is 5.39 Å². The summed E-state index contributed by atoms with van der Waals surface area (Å²) in [7, 11) is 0. The summed E-state index contributed by atoms with van der Waals surface area (Å²) in [6.07, 6.45) is 0. The molecular weight excluding hydrogens is 264 g/mol. The first-order chi connectivity index (χ1) is 9.82. The van der Waals surface area contributed by atoms with Gasteiger partial charge in [-0.15, -0.1) is 0 Å². The summed E-state index contributed by atoms with van der Waals surface area (Å²) in [5.41, 5.74) is -1.44. The Balaban J connectivity index is 2.75. The molecule has 0 heterocycles. The van der Waals surface area contributed by atoms with E-state index in [1.807, 2.05) is 12.1 Å². The fourth-order valence-corrected chi connectivity index (χ4v) is 2.68. The van der Waals surface area contributed by atoms with Crippen LogP contribution in [0.3, 0.4) is 0 Å². The molecule has 3 heteroatoms. The molecule has 0 unspecified atom stereocenters. The van der Waals surface area contributed by atoms with E-state index in [-0.39, 0.29) is 11.0 Å². The van der Waals surface area contributed by atoms with Crippen LogP contribution in [-0.4, -0.2) is 5.11 Å². The number of hydrogen-bond acceptors (Lipinski definition) is 3. The fourth-order valence-electron chi connectivity index (χ4n) is 2.68. The fraction of sp³-hybridized carbons (Fsp3) is 0.222. The lowest BCUT2D eigenvalue weighted by Crippen LogP contribution is -2.43. The summed E-state index contributed by atoms with van der Waals surface area (Å²) in [5.74, 6) is -0.149. The molecule has 0 aliphatic rings. The minimum Gasteiger partial charge on any atom is -0.511 e. The number of benzene rings is 3. The van der Waals surface area contributed by atoms with E-state index in [1.54, 1.807) is 45.0 Å². The highest BCUT2D eigenvalue weighted by molar-refractivity contribution is 6.09. The van der Waals surface area contributed by atoms with Crippen LogP contribution in [0.4, 0.5) is 0 Å². The molecule has 0 atom stereocenters. The van der Waals surface area contributed by atoms with Gasteiger partial charge in [-0.1, -0.05) is 57.2 Å². The molecule has 1 N–H and O–H groups in total. The van der Waals surface area contributed by atoms with Gasteiger partial charge in [-0.2, -0.15) is 0 Å². The SMILES string of the molecule is CC(C)(C)C(O)=c1c(=O)c2cccc3cccc(c1=O)c32. The molecule has 0 bridgehead atoms. The minimum atomic E-state index is -0.652. The van der Waals surface area contributed by atoms with Gasteiger partial charge in [0.25, 0.3) is 0 Å². The van der Waals surface area contributed by atoms with Crippen LogP contribution >= 0.6 is 0 Å². The van der Waals surface area contributed by atoms with E-state index in [2.05, 4.69) is 0 Å². The lowest BCUT2D eigenvalue weighted by molar-refractivity contribution is 0.369. The van der Waals surface area contributed by atoms with Crippen molar-refractivity contribution < 1.29 is 5.11 Å². The van der Waals surface area contributed by atoms with Crippen molar-refractivity contribution in [3.63, 3.8) is 0 Å². The topological polar surface area (TPSA) is 54.4 Å². The second-order valence-electron chi connectivity index (χ2n) is 6.34. The predicted octanol–water partition coefficient (Wildman–Crippen LogP) is 2.58. The van der Waals surface area contributed by atoms with Gasteiger partial charge in [0, 0.05) is 21.6 Å². The average molecular weight is 280 g/mol. The highest BCUT2D eigenvalue weighted by Gasteiger charge is 2.21. The van der Waals surface area contributed by atoms with Crippen LogP contribution in [0.1, 0.15) is 20.8 Å². The molecule has 0 saturated carbocycles. The summed E-state index contributed by atoms with van der Waals surface area (Å²) < 4.78 is 0. The van der Waals surface area contributed by atoms with Crippen LogP contribution in [-0.2, 0) is 0 Å². The molecule has 0 radical (unpaired) electrons. The monoisotopic (exact) mass is 280 g/mol. The maximum absolute atomic E-state index is 12.7. The van der Waals surface area contributed by atoms with E-state index in [4.69, 9.17) is 0 Å². The van der Waals surface area contributed by atoms with Crippen molar-refractivity contribution in [1.82, 2.24) is 0 Å². The lowest BCUT2D eigenvalue weighted by atomic mass is 9.90. The van der Waals surface area contributed by atoms with E-state index in [1.165, 1.54) is 0 Å². The summed E-state index contributed by atoms with van der Waals surface area (Å²) in [5, 5.41) is 12.8. The Bertz CT molecular complexity index is 945. The van der Waals surface area contributed by atoms with E-state index >= 15 is 0 Å². The number of hydrogen-bond donors (Lipinski definition) is 1. The zero-order chi connectivity index (χ0) is 15.4. The summed E-state index contributed by atoms with van der Waals surface area (Å²) in [6.45, 7) is 5.32. The van der Waals surface area contributed by atoms with E-state index in [9.17, 15) is 14.7 Å². The third kappa shape index (κ3) is 1.88. The second-order valence-corrected chi connectivity index (χ2v) is 6.34. The Morgan fingerprint density at radius 1 is 0.905 bits per heavy atom. The standard InChI is InChI=1S/C18H16O3/c1-18(2,3)17(21)14-15(19)11-8-4-6-10-7-5-9-12(13(10)11)16(14)20/h4-9,21H,1-3H3. The molecule has 0 fully saturated rings. The first-order valence-electron chi connectivity index (χ1n) is 6.87. The van der Waals surface area contributed by atoms with Gasteiger partial charge in [-0.05, 0) is 5.39 Å². The van der Waals surface area contributed by atoms with Gasteiger partial charge in [0.2, 0.25) is 10.9 Å². The Morgan fingerprint density at radius 2 is 1.38 bits per heavy atom. The Labute approximate surface area is 121 Å². The van der Waals surface area contributed by atoms with Gasteiger partial charge < -0.3 is 5.11 Å². The van der Waals surface area contributed by atoms with Crippen LogP contribution in [0, 0.1) is 5.41 Å². The van der Waals surface area contributed by atoms with Gasteiger partial charge >= 0.3 is 0 Å². The first-order valence-corrected chi connectivity index (χ1v) is 6.87. The summed E-state index contributed by atoms with van der Waals surface area (Å²) in [4.78, 5) is 25.3. The maximum atomic E-state index is 12.7. The molecule has 0 aromatic heterocycles. The Morgan fingerprint density at radius 3 is 1.81 bits per heavy atom. The van der Waals surface area contributed by atoms with Crippen molar-refractivity contribution >= 4 is 27.3 Å². The molecular formula is C18H16O3. The highest BCUT2D eigenvalue weighted by Crippen LogP contribution is 2.23. The molecule has 3 nitrogen and oxygen atoms in total. The van der Waals surface area contributed by atoms with Crippen LogP contribution in [0.5, 0.6) is 0 Å². The van der Waals surface area contributed by atoms with Crippen molar-refractivity contribution in [2.45, 2.75) is 20.8 Å². The molecule has 0 saturated heterocycles. The van der Waals surface area contributed by atoms with Gasteiger partial charge in [0.1, 0.15) is 11.0 Å². The van der Waals surface area contributed by atoms with Crippen LogP contribution in [0.2, 0.25) is 0 Å².